The van der Waals surface area contributed by atoms with E-state index >= 15 is 0 Å². The number of hydrogen-bond acceptors (Lipinski definition) is 17. The van der Waals surface area contributed by atoms with E-state index in [1.54, 1.807) is 42.7 Å². The second kappa shape index (κ2) is 31.0. The highest BCUT2D eigenvalue weighted by atomic mass is 35.5. The Kier molecular flexibility index (Phi) is 25.0. The van der Waals surface area contributed by atoms with Gasteiger partial charge in [-0.25, -0.2) is 47.1 Å². The van der Waals surface area contributed by atoms with Gasteiger partial charge in [-0.15, -0.1) is 0 Å². The van der Waals surface area contributed by atoms with Crippen LogP contribution in [0.3, 0.4) is 0 Å². The standard InChI is InChI=1S/2C16H14ClFN4O2.C12H12O6.2C5H10O.CO2/c2*1-7(2)11-12(8(3)4-5-19-11)22-14-9(15(23)21-16(22)24)6-10(18)13(17)20-14;1-8(13)18-10(11(14)15)7-17-12(16)9-5-3-2-4-6-9;2*1-5-3-2-4-6-5;2-1-3/h2*4-7H,1-3H3,(H,21,23,24);2-6,10H,7H2,1H3,(H,14,15);2*5H,2-4H2,1H3;/t;;10-;;;/m..0.../s1. The molecule has 2 saturated heterocycles. The van der Waals surface area contributed by atoms with Crippen LogP contribution in [-0.2, 0) is 38.1 Å². The number of esters is 2. The van der Waals surface area contributed by atoms with E-state index in [0.29, 0.717) is 40.5 Å². The number of fused-ring (bicyclic) bond motifs is 2. The summed E-state index contributed by atoms with van der Waals surface area (Å²) in [6.45, 7) is 18.1. The van der Waals surface area contributed by atoms with E-state index in [-0.39, 0.29) is 40.1 Å². The molecule has 0 aliphatic carbocycles. The zero-order valence-electron chi connectivity index (χ0n) is 45.6. The van der Waals surface area contributed by atoms with E-state index in [9.17, 15) is 42.3 Å². The first-order valence-electron chi connectivity index (χ1n) is 25.1. The molecule has 2 aliphatic heterocycles. The zero-order chi connectivity index (χ0) is 60.2. The molecule has 0 amide bonds. The van der Waals surface area contributed by atoms with E-state index in [4.69, 9.17) is 52.1 Å². The van der Waals surface area contributed by atoms with Crippen LogP contribution < -0.4 is 22.5 Å². The molecule has 8 heterocycles. The summed E-state index contributed by atoms with van der Waals surface area (Å²) in [5.41, 5.74) is 1.36. The number of nitrogens with one attached hydrogen (secondary N) is 2. The predicted molar refractivity (Wildman–Crippen MR) is 293 cm³/mol. The van der Waals surface area contributed by atoms with Crippen LogP contribution in [0, 0.1) is 25.5 Å². The number of hydrogen-bond donors (Lipinski definition) is 3. The SMILES string of the molecule is CC(=O)O[C@@H](COC(=O)c1ccccc1)C(=O)O.CC1CCCO1.CC1CCCO1.Cc1ccnc(C(C)C)c1-n1c(=O)[nH]c(=O)c2cc(F)c(Cl)nc21.Cc1ccnc(C(C)C)c1-n1c(=O)[nH]c(=O)c2cc(F)c(Cl)nc21.O=C=O. The molecule has 0 spiro atoms. The minimum absolute atomic E-state index is 0.00634. The molecule has 432 valence electrons. The molecule has 0 radical (unpaired) electrons. The van der Waals surface area contributed by atoms with Crippen LogP contribution in [0.5, 0.6) is 0 Å². The zero-order valence-corrected chi connectivity index (χ0v) is 47.1. The molecule has 3 N–H and O–H groups in total. The highest BCUT2D eigenvalue weighted by Crippen LogP contribution is 2.28. The third-order valence-corrected chi connectivity index (χ3v) is 12.2. The first-order chi connectivity index (χ1) is 38.3. The molecule has 26 heteroatoms. The molecular formula is C55H60Cl2F2N8O14. The van der Waals surface area contributed by atoms with Crippen LogP contribution in [0.2, 0.25) is 10.3 Å². The van der Waals surface area contributed by atoms with Gasteiger partial charge in [-0.1, -0.05) is 69.1 Å². The van der Waals surface area contributed by atoms with E-state index < -0.39 is 75.1 Å². The molecule has 2 fully saturated rings. The minimum Gasteiger partial charge on any atom is -0.478 e. The van der Waals surface area contributed by atoms with Gasteiger partial charge in [0, 0.05) is 32.5 Å². The average Bonchev–Trinajstić information content (AvgIpc) is 4.19. The Balaban J connectivity index is 0.000000232. The Morgan fingerprint density at radius 2 is 1.15 bits per heavy atom. The van der Waals surface area contributed by atoms with Crippen LogP contribution in [0.1, 0.15) is 119 Å². The molecule has 0 saturated carbocycles. The van der Waals surface area contributed by atoms with Crippen molar-refractivity contribution in [2.45, 2.75) is 118 Å². The Bertz CT molecular complexity index is 3430. The van der Waals surface area contributed by atoms with Gasteiger partial charge in [-0.3, -0.25) is 34.3 Å². The van der Waals surface area contributed by atoms with E-state index in [1.165, 1.54) is 47.0 Å². The van der Waals surface area contributed by atoms with Gasteiger partial charge in [0.15, 0.2) is 33.2 Å². The summed E-state index contributed by atoms with van der Waals surface area (Å²) in [7, 11) is 0. The number of carboxylic acid groups (broad SMARTS) is 1. The molecule has 81 heavy (non-hydrogen) atoms. The molecule has 6 aromatic heterocycles. The third kappa shape index (κ3) is 18.2. The topological polar surface area (TPSA) is 304 Å². The van der Waals surface area contributed by atoms with Gasteiger partial charge < -0.3 is 24.1 Å². The van der Waals surface area contributed by atoms with Crippen molar-refractivity contribution in [3.8, 4) is 11.4 Å². The van der Waals surface area contributed by atoms with Crippen molar-refractivity contribution in [2.75, 3.05) is 19.8 Å². The van der Waals surface area contributed by atoms with Crippen LogP contribution in [-0.4, -0.2) is 106 Å². The number of aliphatic carboxylic acids is 1. The Morgan fingerprint density at radius 3 is 1.47 bits per heavy atom. The lowest BCUT2D eigenvalue weighted by atomic mass is 10.0. The number of H-pyrrole nitrogens is 2. The van der Waals surface area contributed by atoms with Crippen LogP contribution >= 0.6 is 23.2 Å². The number of pyridine rings is 4. The molecule has 2 aliphatic rings. The maximum absolute atomic E-state index is 13.7. The van der Waals surface area contributed by atoms with Crippen molar-refractivity contribution in [3.63, 3.8) is 0 Å². The van der Waals surface area contributed by atoms with Crippen molar-refractivity contribution >= 4 is 69.3 Å². The second-order valence-corrected chi connectivity index (χ2v) is 19.3. The fraction of sp³-hybridized carbons (Fsp3) is 0.382. The van der Waals surface area contributed by atoms with Gasteiger partial charge in [0.05, 0.1) is 51.3 Å². The summed E-state index contributed by atoms with van der Waals surface area (Å²) in [5, 5.41) is 7.80. The Hall–Kier alpha value is -8.15. The number of nitrogens with zero attached hydrogens (tertiary/aromatic N) is 6. The number of carboxylic acids is 1. The highest BCUT2D eigenvalue weighted by molar-refractivity contribution is 6.30. The number of rotatable bonds is 9. The van der Waals surface area contributed by atoms with Crippen LogP contribution in [0.25, 0.3) is 33.4 Å². The second-order valence-electron chi connectivity index (χ2n) is 18.6. The number of carbonyl (C=O) groups is 3. The van der Waals surface area contributed by atoms with E-state index in [1.807, 2.05) is 41.5 Å². The fourth-order valence-electron chi connectivity index (χ4n) is 7.85. The monoisotopic (exact) mass is 1160 g/mol. The molecule has 22 nitrogen and oxygen atoms in total. The molecule has 7 aromatic rings. The maximum atomic E-state index is 13.7. The summed E-state index contributed by atoms with van der Waals surface area (Å²) < 4.78 is 49.4. The number of carbonyl (C=O) groups excluding carboxylic acids is 4. The molecule has 3 atom stereocenters. The lowest BCUT2D eigenvalue weighted by Gasteiger charge is -2.17. The first-order valence-corrected chi connectivity index (χ1v) is 25.9. The molecule has 0 bridgehead atoms. The molecule has 2 unspecified atom stereocenters. The van der Waals surface area contributed by atoms with E-state index in [0.717, 1.165) is 43.4 Å². The maximum Gasteiger partial charge on any atom is 0.373 e. The van der Waals surface area contributed by atoms with Gasteiger partial charge in [-0.05, 0) is 113 Å². The Morgan fingerprint density at radius 1 is 0.741 bits per heavy atom. The van der Waals surface area contributed by atoms with Crippen molar-refractivity contribution in [3.05, 3.63) is 159 Å². The lowest BCUT2D eigenvalue weighted by molar-refractivity contribution is -0.191. The number of aryl methyl sites for hydroxylation is 2. The van der Waals surface area contributed by atoms with Gasteiger partial charge in [-0.2, -0.15) is 9.59 Å². The van der Waals surface area contributed by atoms with Crippen molar-refractivity contribution in [1.29, 1.82) is 0 Å². The number of benzene rings is 1. The highest BCUT2D eigenvalue weighted by Gasteiger charge is 2.24. The molecular weight excluding hydrogens is 1110 g/mol. The minimum atomic E-state index is -1.49. The number of ether oxygens (including phenoxy) is 4. The first kappa shape index (κ1) is 65.4. The molecule has 9 rings (SSSR count). The summed E-state index contributed by atoms with van der Waals surface area (Å²) in [6, 6.07) is 13.5. The predicted octanol–water partition coefficient (Wildman–Crippen LogP) is 8.03. The third-order valence-electron chi connectivity index (χ3n) is 11.7. The summed E-state index contributed by atoms with van der Waals surface area (Å²) in [6.07, 6.45) is 8.20. The van der Waals surface area contributed by atoms with Crippen molar-refractivity contribution < 1.29 is 56.8 Å². The van der Waals surface area contributed by atoms with Gasteiger partial charge in [0.1, 0.15) is 6.61 Å². The quantitative estimate of drug-likeness (QED) is 0.0909. The fourth-order valence-corrected chi connectivity index (χ4v) is 8.12. The lowest BCUT2D eigenvalue weighted by Crippen LogP contribution is -2.32. The summed E-state index contributed by atoms with van der Waals surface area (Å²) >= 11 is 11.5. The van der Waals surface area contributed by atoms with Crippen molar-refractivity contribution in [2.24, 2.45) is 0 Å². The number of halogens is 4. The van der Waals surface area contributed by atoms with Crippen LogP contribution in [0.4, 0.5) is 8.78 Å². The van der Waals surface area contributed by atoms with Crippen molar-refractivity contribution in [1.82, 2.24) is 39.0 Å². The van der Waals surface area contributed by atoms with Gasteiger partial charge >= 0.3 is 35.4 Å². The van der Waals surface area contributed by atoms with E-state index in [2.05, 4.69) is 48.5 Å². The number of aromatic nitrogens is 8. The van der Waals surface area contributed by atoms with Gasteiger partial charge in [0.2, 0.25) is 6.10 Å². The van der Waals surface area contributed by atoms with Gasteiger partial charge in [0.25, 0.3) is 11.1 Å². The molecule has 1 aromatic carbocycles. The van der Waals surface area contributed by atoms with Crippen LogP contribution in [0.15, 0.2) is 86.2 Å². The largest absolute Gasteiger partial charge is 0.478 e. The smallest absolute Gasteiger partial charge is 0.373 e. The Labute approximate surface area is 471 Å². The number of aromatic amines is 2. The average molecular weight is 1170 g/mol. The summed E-state index contributed by atoms with van der Waals surface area (Å²) in [4.78, 5) is 119. The normalized spacial score (nSPS) is 14.5. The summed E-state index contributed by atoms with van der Waals surface area (Å²) in [5.74, 6) is -4.41.